The van der Waals surface area contributed by atoms with E-state index in [0.717, 1.165) is 49.3 Å². The fourth-order valence-corrected chi connectivity index (χ4v) is 3.33. The average Bonchev–Trinajstić information content (AvgIpc) is 2.54. The second-order valence-electron chi connectivity index (χ2n) is 7.81. The van der Waals surface area contributed by atoms with Gasteiger partial charge in [0.05, 0.1) is 11.2 Å². The number of aromatic nitrogens is 2. The summed E-state index contributed by atoms with van der Waals surface area (Å²) >= 11 is 0. The van der Waals surface area contributed by atoms with Crippen molar-refractivity contribution in [3.05, 3.63) is 40.4 Å². The van der Waals surface area contributed by atoms with E-state index in [1.165, 1.54) is 0 Å². The predicted octanol–water partition coefficient (Wildman–Crippen LogP) is 2.58. The number of benzene rings is 1. The molecule has 1 aliphatic rings. The van der Waals surface area contributed by atoms with Crippen LogP contribution in [-0.4, -0.2) is 59.1 Å². The van der Waals surface area contributed by atoms with Crippen molar-refractivity contribution >= 4 is 10.9 Å². The minimum absolute atomic E-state index is 0. The average molecular weight is 345 g/mol. The Balaban J connectivity index is 0.00000225. The number of fused-ring (bicyclic) bond motifs is 1. The van der Waals surface area contributed by atoms with Gasteiger partial charge in [-0.1, -0.05) is 46.4 Å². The predicted molar refractivity (Wildman–Crippen MR) is 105 cm³/mol. The molecule has 0 unspecified atom stereocenters. The highest BCUT2D eigenvalue weighted by molar-refractivity contribution is 5.82. The molecule has 138 valence electrons. The lowest BCUT2D eigenvalue weighted by molar-refractivity contribution is 0.150. The molecule has 0 spiro atoms. The second-order valence-corrected chi connectivity index (χ2v) is 7.81. The minimum atomic E-state index is -0.144. The number of hydrogen-bond donors (Lipinski definition) is 0. The van der Waals surface area contributed by atoms with E-state index in [1.807, 2.05) is 22.8 Å². The van der Waals surface area contributed by atoms with Gasteiger partial charge < -0.3 is 4.90 Å². The van der Waals surface area contributed by atoms with Crippen molar-refractivity contribution in [3.63, 3.8) is 0 Å². The zero-order valence-corrected chi connectivity index (χ0v) is 15.2. The Kier molecular flexibility index (Phi) is 6.01. The zero-order valence-electron chi connectivity index (χ0n) is 15.2. The first kappa shape index (κ1) is 19.6. The van der Waals surface area contributed by atoms with Gasteiger partial charge in [-0.2, -0.15) is 4.98 Å². The highest BCUT2D eigenvalue weighted by Crippen LogP contribution is 2.26. The normalized spacial score (nSPS) is 16.8. The molecule has 1 aliphatic heterocycles. The molecule has 5 nitrogen and oxygen atoms in total. The lowest BCUT2D eigenvalue weighted by atomic mass is 9.89. The Morgan fingerprint density at radius 2 is 1.68 bits per heavy atom. The molecule has 2 heterocycles. The molecule has 0 atom stereocenters. The third-order valence-electron chi connectivity index (χ3n) is 4.83. The van der Waals surface area contributed by atoms with Crippen LogP contribution in [0.2, 0.25) is 0 Å². The van der Waals surface area contributed by atoms with E-state index >= 15 is 0 Å². The molecule has 0 amide bonds. The van der Waals surface area contributed by atoms with Gasteiger partial charge in [0, 0.05) is 50.1 Å². The largest absolute Gasteiger partial charge is 0.348 e. The molecule has 3 rings (SSSR count). The first-order valence-corrected chi connectivity index (χ1v) is 8.77. The van der Waals surface area contributed by atoms with Crippen molar-refractivity contribution in [3.8, 4) is 0 Å². The van der Waals surface area contributed by atoms with Gasteiger partial charge in [-0.3, -0.25) is 9.47 Å². The van der Waals surface area contributed by atoms with Gasteiger partial charge in [0.2, 0.25) is 0 Å². The Morgan fingerprint density at radius 3 is 2.32 bits per heavy atom. The molecular formula is C20H32N4O. The summed E-state index contributed by atoms with van der Waals surface area (Å²) in [7, 11) is 2.16. The van der Waals surface area contributed by atoms with E-state index < -0.39 is 0 Å². The molecule has 25 heavy (non-hydrogen) atoms. The number of rotatable bonds is 3. The fourth-order valence-electron chi connectivity index (χ4n) is 3.33. The second kappa shape index (κ2) is 7.67. The maximum Gasteiger partial charge on any atom is 0.348 e. The molecule has 1 saturated heterocycles. The molecule has 0 saturated carbocycles. The summed E-state index contributed by atoms with van der Waals surface area (Å²) in [5.74, 6) is 0. The first-order valence-electron chi connectivity index (χ1n) is 8.77. The smallest absolute Gasteiger partial charge is 0.304 e. The standard InChI is InChI=1S/C19H28N4O.CH4/c1-19(2,3)17-15-7-5-6-8-16(15)23(18(24)20-17)14-13-22-11-9-21(4)10-12-22;/h5-8H,9-14H2,1-4H3;1H4. The number of nitrogens with zero attached hydrogens (tertiary/aromatic N) is 4. The molecule has 0 radical (unpaired) electrons. The lowest BCUT2D eigenvalue weighted by Crippen LogP contribution is -2.46. The molecular weight excluding hydrogens is 312 g/mol. The molecule has 2 aromatic rings. The molecule has 0 aliphatic carbocycles. The number of piperazine rings is 1. The molecule has 1 aromatic heterocycles. The van der Waals surface area contributed by atoms with E-state index in [9.17, 15) is 4.79 Å². The molecule has 0 N–H and O–H groups in total. The fraction of sp³-hybridized carbons (Fsp3) is 0.600. The summed E-state index contributed by atoms with van der Waals surface area (Å²) in [5, 5.41) is 1.09. The molecule has 1 aromatic carbocycles. The van der Waals surface area contributed by atoms with Gasteiger partial charge in [0.1, 0.15) is 0 Å². The van der Waals surface area contributed by atoms with Crippen LogP contribution in [0.5, 0.6) is 0 Å². The van der Waals surface area contributed by atoms with Crippen LogP contribution in [0.3, 0.4) is 0 Å². The molecule has 5 heteroatoms. The van der Waals surface area contributed by atoms with Gasteiger partial charge in [0.15, 0.2) is 0 Å². The van der Waals surface area contributed by atoms with Crippen molar-refractivity contribution in [2.45, 2.75) is 40.2 Å². The third-order valence-corrected chi connectivity index (χ3v) is 4.83. The SMILES string of the molecule is C.CN1CCN(CCn2c(=O)nc(C(C)(C)C)c3ccccc32)CC1. The van der Waals surface area contributed by atoms with Crippen molar-refractivity contribution in [2.75, 3.05) is 39.8 Å². The number of para-hydroxylation sites is 1. The Bertz CT molecular complexity index is 767. The van der Waals surface area contributed by atoms with E-state index in [0.29, 0.717) is 6.54 Å². The van der Waals surface area contributed by atoms with Crippen LogP contribution in [-0.2, 0) is 12.0 Å². The van der Waals surface area contributed by atoms with Crippen molar-refractivity contribution in [2.24, 2.45) is 0 Å². The molecule has 1 fully saturated rings. The van der Waals surface area contributed by atoms with Crippen LogP contribution in [0.15, 0.2) is 29.1 Å². The van der Waals surface area contributed by atoms with Gasteiger partial charge in [0.25, 0.3) is 0 Å². The molecule has 0 bridgehead atoms. The highest BCUT2D eigenvalue weighted by atomic mass is 16.1. The van der Waals surface area contributed by atoms with E-state index in [4.69, 9.17) is 0 Å². The quantitative estimate of drug-likeness (QED) is 0.858. The summed E-state index contributed by atoms with van der Waals surface area (Å²) in [6, 6.07) is 8.14. The lowest BCUT2D eigenvalue weighted by Gasteiger charge is -2.32. The third kappa shape index (κ3) is 4.28. The van der Waals surface area contributed by atoms with Crippen molar-refractivity contribution in [1.82, 2.24) is 19.4 Å². The summed E-state index contributed by atoms with van der Waals surface area (Å²) in [6.07, 6.45) is 0. The van der Waals surface area contributed by atoms with Gasteiger partial charge >= 0.3 is 5.69 Å². The van der Waals surface area contributed by atoms with Crippen LogP contribution in [0.1, 0.15) is 33.9 Å². The van der Waals surface area contributed by atoms with Crippen molar-refractivity contribution < 1.29 is 0 Å². The topological polar surface area (TPSA) is 41.4 Å². The summed E-state index contributed by atoms with van der Waals surface area (Å²) < 4.78 is 1.84. The van der Waals surface area contributed by atoms with E-state index in [2.05, 4.69) is 48.7 Å². The first-order chi connectivity index (χ1) is 11.4. The summed E-state index contributed by atoms with van der Waals surface area (Å²) in [4.78, 5) is 21.9. The Labute approximate surface area is 151 Å². The van der Waals surface area contributed by atoms with Gasteiger partial charge in [-0.15, -0.1) is 0 Å². The Morgan fingerprint density at radius 1 is 1.04 bits per heavy atom. The maximum absolute atomic E-state index is 12.7. The van der Waals surface area contributed by atoms with Crippen LogP contribution in [0, 0.1) is 0 Å². The van der Waals surface area contributed by atoms with Crippen molar-refractivity contribution in [1.29, 1.82) is 0 Å². The van der Waals surface area contributed by atoms with Gasteiger partial charge in [-0.05, 0) is 13.1 Å². The summed E-state index contributed by atoms with van der Waals surface area (Å²) in [6.45, 7) is 12.2. The minimum Gasteiger partial charge on any atom is -0.304 e. The maximum atomic E-state index is 12.7. The van der Waals surface area contributed by atoms with Crippen LogP contribution < -0.4 is 5.69 Å². The van der Waals surface area contributed by atoms with E-state index in [-0.39, 0.29) is 18.5 Å². The highest BCUT2D eigenvalue weighted by Gasteiger charge is 2.21. The van der Waals surface area contributed by atoms with Crippen LogP contribution in [0.4, 0.5) is 0 Å². The number of hydrogen-bond acceptors (Lipinski definition) is 4. The van der Waals surface area contributed by atoms with E-state index in [1.54, 1.807) is 0 Å². The zero-order chi connectivity index (χ0) is 17.3. The van der Waals surface area contributed by atoms with Crippen LogP contribution >= 0.6 is 0 Å². The number of likely N-dealkylation sites (N-methyl/N-ethyl adjacent to an activating group) is 1. The summed E-state index contributed by atoms with van der Waals surface area (Å²) in [5.41, 5.74) is 1.61. The van der Waals surface area contributed by atoms with Gasteiger partial charge in [-0.25, -0.2) is 4.79 Å². The van der Waals surface area contributed by atoms with Crippen LogP contribution in [0.25, 0.3) is 10.9 Å². The monoisotopic (exact) mass is 344 g/mol. The Hall–Kier alpha value is -1.72.